The van der Waals surface area contributed by atoms with Crippen molar-refractivity contribution < 1.29 is 13.2 Å². The van der Waals surface area contributed by atoms with Crippen LogP contribution in [0.5, 0.6) is 0 Å². The summed E-state index contributed by atoms with van der Waals surface area (Å²) in [6.45, 7) is 0. The number of hydrogen-bond acceptors (Lipinski definition) is 4. The maximum atomic E-state index is 13.1. The lowest BCUT2D eigenvalue weighted by atomic mass is 10.3. The highest BCUT2D eigenvalue weighted by atomic mass is 32.1. The lowest BCUT2D eigenvalue weighted by Crippen LogP contribution is -2.05. The van der Waals surface area contributed by atoms with E-state index in [1.165, 1.54) is 0 Å². The normalized spacial score (nSPS) is 10.9. The molecule has 1 aromatic carbocycles. The van der Waals surface area contributed by atoms with E-state index in [-0.39, 0.29) is 15.3 Å². The molecule has 74 valence electrons. The first-order valence-corrected chi connectivity index (χ1v) is 4.35. The fraction of sp³-hybridized carbons (Fsp3) is 0. The fourth-order valence-electron chi connectivity index (χ4n) is 1.04. The van der Waals surface area contributed by atoms with E-state index in [4.69, 9.17) is 5.84 Å². The Morgan fingerprint density at radius 3 is 2.64 bits per heavy atom. The molecular formula is C7H4F3N3S. The second kappa shape index (κ2) is 3.10. The van der Waals surface area contributed by atoms with Crippen molar-refractivity contribution in [1.82, 2.24) is 4.98 Å². The van der Waals surface area contributed by atoms with Gasteiger partial charge in [0.2, 0.25) is 0 Å². The van der Waals surface area contributed by atoms with Gasteiger partial charge in [-0.1, -0.05) is 11.3 Å². The number of hydrazine groups is 1. The minimum Gasteiger partial charge on any atom is -0.300 e. The Bertz CT molecular complexity index is 496. The summed E-state index contributed by atoms with van der Waals surface area (Å²) in [5.74, 6) is 0.978. The smallest absolute Gasteiger partial charge is 0.198 e. The average Bonchev–Trinajstić information content (AvgIpc) is 2.57. The molecular weight excluding hydrogens is 215 g/mol. The maximum Gasteiger partial charge on any atom is 0.198 e. The van der Waals surface area contributed by atoms with Crippen LogP contribution in [-0.2, 0) is 0 Å². The molecule has 0 spiro atoms. The number of hydrogen-bond donors (Lipinski definition) is 2. The number of fused-ring (bicyclic) bond motifs is 1. The van der Waals surface area contributed by atoms with Gasteiger partial charge in [0, 0.05) is 0 Å². The van der Waals surface area contributed by atoms with Gasteiger partial charge < -0.3 is 0 Å². The Hall–Kier alpha value is -1.34. The van der Waals surface area contributed by atoms with Crippen molar-refractivity contribution >= 4 is 26.7 Å². The number of halogens is 3. The molecule has 1 heterocycles. The van der Waals surface area contributed by atoms with Crippen LogP contribution in [0.2, 0.25) is 0 Å². The van der Waals surface area contributed by atoms with E-state index < -0.39 is 17.5 Å². The summed E-state index contributed by atoms with van der Waals surface area (Å²) in [6.07, 6.45) is 0. The number of nitrogens with one attached hydrogen (secondary N) is 1. The number of anilines is 1. The molecule has 0 saturated carbocycles. The third kappa shape index (κ3) is 1.21. The van der Waals surface area contributed by atoms with Gasteiger partial charge in [0.25, 0.3) is 0 Å². The molecule has 0 aliphatic carbocycles. The van der Waals surface area contributed by atoms with Gasteiger partial charge in [-0.25, -0.2) is 24.0 Å². The van der Waals surface area contributed by atoms with Crippen LogP contribution < -0.4 is 11.3 Å². The number of thiazole rings is 1. The standard InChI is InChI=1S/C7H4F3N3S/c8-2-1-3-6(5(10)4(2)9)12-7(13-11)14-3/h1H,11H2,(H,12,13). The Balaban J connectivity index is 2.81. The molecule has 2 aromatic rings. The zero-order valence-corrected chi connectivity index (χ0v) is 7.46. The van der Waals surface area contributed by atoms with Gasteiger partial charge in [0.15, 0.2) is 22.6 Å². The molecule has 14 heavy (non-hydrogen) atoms. The molecule has 0 bridgehead atoms. The van der Waals surface area contributed by atoms with Crippen LogP contribution in [0.4, 0.5) is 18.3 Å². The Morgan fingerprint density at radius 1 is 1.29 bits per heavy atom. The van der Waals surface area contributed by atoms with E-state index in [0.29, 0.717) is 0 Å². The van der Waals surface area contributed by atoms with Gasteiger partial charge in [-0.3, -0.25) is 5.43 Å². The van der Waals surface area contributed by atoms with Crippen molar-refractivity contribution in [3.63, 3.8) is 0 Å². The van der Waals surface area contributed by atoms with Crippen molar-refractivity contribution in [2.75, 3.05) is 5.43 Å². The number of rotatable bonds is 1. The molecule has 0 aliphatic heterocycles. The predicted molar refractivity (Wildman–Crippen MR) is 47.3 cm³/mol. The molecule has 0 aliphatic rings. The third-order valence-corrected chi connectivity index (χ3v) is 2.58. The van der Waals surface area contributed by atoms with Crippen LogP contribution in [-0.4, -0.2) is 4.98 Å². The van der Waals surface area contributed by atoms with Crippen LogP contribution in [0.3, 0.4) is 0 Å². The highest BCUT2D eigenvalue weighted by Crippen LogP contribution is 2.29. The van der Waals surface area contributed by atoms with E-state index in [9.17, 15) is 13.2 Å². The van der Waals surface area contributed by atoms with Gasteiger partial charge >= 0.3 is 0 Å². The monoisotopic (exact) mass is 219 g/mol. The Morgan fingerprint density at radius 2 is 2.00 bits per heavy atom. The predicted octanol–water partition coefficient (Wildman–Crippen LogP) is 2.00. The number of aromatic nitrogens is 1. The van der Waals surface area contributed by atoms with E-state index in [2.05, 4.69) is 10.4 Å². The number of nitrogens with two attached hydrogens (primary N) is 1. The summed E-state index contributed by atoms with van der Waals surface area (Å²) in [5, 5.41) is 0.198. The summed E-state index contributed by atoms with van der Waals surface area (Å²) in [4.78, 5) is 3.63. The zero-order chi connectivity index (χ0) is 10.3. The number of nitrogens with zero attached hydrogens (tertiary/aromatic N) is 1. The summed E-state index contributed by atoms with van der Waals surface area (Å²) < 4.78 is 38.7. The van der Waals surface area contributed by atoms with Gasteiger partial charge in [-0.2, -0.15) is 0 Å². The third-order valence-electron chi connectivity index (χ3n) is 1.64. The first-order chi connectivity index (χ1) is 6.63. The lowest BCUT2D eigenvalue weighted by molar-refractivity contribution is 0.453. The Kier molecular flexibility index (Phi) is 2.05. The highest BCUT2D eigenvalue weighted by Gasteiger charge is 2.16. The maximum absolute atomic E-state index is 13.1. The second-order valence-electron chi connectivity index (χ2n) is 2.50. The summed E-state index contributed by atoms with van der Waals surface area (Å²) >= 11 is 0.940. The lowest BCUT2D eigenvalue weighted by Gasteiger charge is -1.94. The van der Waals surface area contributed by atoms with Crippen molar-refractivity contribution in [1.29, 1.82) is 0 Å². The van der Waals surface area contributed by atoms with Crippen molar-refractivity contribution in [3.8, 4) is 0 Å². The topological polar surface area (TPSA) is 50.9 Å². The molecule has 0 atom stereocenters. The Labute approximate surface area is 80.3 Å². The summed E-state index contributed by atoms with van der Waals surface area (Å²) in [6, 6.07) is 0.881. The molecule has 0 fully saturated rings. The van der Waals surface area contributed by atoms with Gasteiger partial charge in [-0.15, -0.1) is 0 Å². The van der Waals surface area contributed by atoms with Crippen molar-refractivity contribution in [2.24, 2.45) is 5.84 Å². The molecule has 0 amide bonds. The molecule has 0 unspecified atom stereocenters. The largest absolute Gasteiger partial charge is 0.300 e. The second-order valence-corrected chi connectivity index (χ2v) is 3.53. The summed E-state index contributed by atoms with van der Waals surface area (Å²) in [5.41, 5.74) is 1.96. The molecule has 7 heteroatoms. The minimum atomic E-state index is -1.52. The molecule has 2 rings (SSSR count). The molecule has 3 nitrogen and oxygen atoms in total. The average molecular weight is 219 g/mol. The van der Waals surface area contributed by atoms with Crippen LogP contribution in [0.1, 0.15) is 0 Å². The molecule has 3 N–H and O–H groups in total. The molecule has 0 radical (unpaired) electrons. The van der Waals surface area contributed by atoms with Crippen molar-refractivity contribution in [2.45, 2.75) is 0 Å². The molecule has 0 saturated heterocycles. The first-order valence-electron chi connectivity index (χ1n) is 3.54. The van der Waals surface area contributed by atoms with Crippen LogP contribution in [0.15, 0.2) is 6.07 Å². The molecule has 1 aromatic heterocycles. The first kappa shape index (κ1) is 9.22. The van der Waals surface area contributed by atoms with E-state index in [1.54, 1.807) is 0 Å². The van der Waals surface area contributed by atoms with Gasteiger partial charge in [-0.05, 0) is 6.07 Å². The van der Waals surface area contributed by atoms with Gasteiger partial charge in [0.1, 0.15) is 5.52 Å². The van der Waals surface area contributed by atoms with E-state index >= 15 is 0 Å². The minimum absolute atomic E-state index is 0.198. The van der Waals surface area contributed by atoms with E-state index in [1.807, 2.05) is 0 Å². The zero-order valence-electron chi connectivity index (χ0n) is 6.64. The highest BCUT2D eigenvalue weighted by molar-refractivity contribution is 7.22. The SMILES string of the molecule is NNc1nc2c(F)c(F)c(F)cc2s1. The van der Waals surface area contributed by atoms with Gasteiger partial charge in [0.05, 0.1) is 4.70 Å². The fourth-order valence-corrected chi connectivity index (χ4v) is 1.83. The van der Waals surface area contributed by atoms with Crippen LogP contribution >= 0.6 is 11.3 Å². The van der Waals surface area contributed by atoms with Crippen LogP contribution in [0.25, 0.3) is 10.2 Å². The number of benzene rings is 1. The quantitative estimate of drug-likeness (QED) is 0.438. The van der Waals surface area contributed by atoms with Crippen LogP contribution in [0, 0.1) is 17.5 Å². The van der Waals surface area contributed by atoms with Crippen molar-refractivity contribution in [3.05, 3.63) is 23.5 Å². The number of nitrogen functional groups attached to an aromatic ring is 1. The summed E-state index contributed by atoms with van der Waals surface area (Å²) in [7, 11) is 0. The van der Waals surface area contributed by atoms with E-state index in [0.717, 1.165) is 17.4 Å².